The summed E-state index contributed by atoms with van der Waals surface area (Å²) < 4.78 is 0. The maximum absolute atomic E-state index is 11.7. The number of hydrogen-bond donors (Lipinski definition) is 2. The fourth-order valence-electron chi connectivity index (χ4n) is 3.96. The Morgan fingerprint density at radius 3 is 2.17 bits per heavy atom. The molecular weight excluding hydrogens is 292 g/mol. The van der Waals surface area contributed by atoms with Gasteiger partial charge in [0.15, 0.2) is 0 Å². The van der Waals surface area contributed by atoms with Crippen LogP contribution in [-0.2, 0) is 0 Å². The van der Waals surface area contributed by atoms with E-state index in [1.807, 2.05) is 0 Å². The Morgan fingerprint density at radius 2 is 1.57 bits per heavy atom. The molecule has 1 aromatic carbocycles. The van der Waals surface area contributed by atoms with Gasteiger partial charge in [0, 0.05) is 13.1 Å². The Morgan fingerprint density at radius 1 is 1.00 bits per heavy atom. The van der Waals surface area contributed by atoms with Gasteiger partial charge in [0.25, 0.3) is 0 Å². The predicted molar refractivity (Wildman–Crippen MR) is 87.7 cm³/mol. The first kappa shape index (κ1) is 15.6. The summed E-state index contributed by atoms with van der Waals surface area (Å²) >= 11 is 0. The second-order valence-electron chi connectivity index (χ2n) is 6.50. The van der Waals surface area contributed by atoms with E-state index in [1.54, 1.807) is 9.80 Å². The van der Waals surface area contributed by atoms with Crippen molar-refractivity contribution in [3.63, 3.8) is 0 Å². The highest BCUT2D eigenvalue weighted by atomic mass is 16.2. The van der Waals surface area contributed by atoms with Gasteiger partial charge in [-0.1, -0.05) is 18.2 Å². The number of nitrogens with zero attached hydrogens (tertiary/aromatic N) is 2. The van der Waals surface area contributed by atoms with Crippen LogP contribution in [0, 0.1) is 6.92 Å². The summed E-state index contributed by atoms with van der Waals surface area (Å²) in [5.74, 6) is 0. The van der Waals surface area contributed by atoms with E-state index in [9.17, 15) is 9.59 Å². The number of urea groups is 2. The molecule has 2 heterocycles. The lowest BCUT2D eigenvalue weighted by Gasteiger charge is -2.27. The van der Waals surface area contributed by atoms with Crippen molar-refractivity contribution < 1.29 is 9.59 Å². The molecule has 23 heavy (non-hydrogen) atoms. The van der Waals surface area contributed by atoms with Crippen molar-refractivity contribution in [3.05, 3.63) is 34.9 Å². The van der Waals surface area contributed by atoms with Crippen molar-refractivity contribution in [2.45, 2.75) is 44.7 Å². The summed E-state index contributed by atoms with van der Waals surface area (Å²) in [5.41, 5.74) is 14.4. The number of nitrogens with two attached hydrogens (primary N) is 2. The van der Waals surface area contributed by atoms with Crippen LogP contribution in [0.3, 0.4) is 0 Å². The Balaban J connectivity index is 1.93. The second-order valence-corrected chi connectivity index (χ2v) is 6.50. The molecule has 2 aliphatic heterocycles. The fourth-order valence-corrected chi connectivity index (χ4v) is 3.96. The maximum atomic E-state index is 11.7. The highest BCUT2D eigenvalue weighted by molar-refractivity contribution is 5.73. The summed E-state index contributed by atoms with van der Waals surface area (Å²) in [5, 5.41) is 0. The van der Waals surface area contributed by atoms with Gasteiger partial charge in [0.1, 0.15) is 0 Å². The van der Waals surface area contributed by atoms with Crippen LogP contribution in [0.2, 0.25) is 0 Å². The zero-order valence-corrected chi connectivity index (χ0v) is 13.5. The van der Waals surface area contributed by atoms with Gasteiger partial charge in [-0.05, 0) is 49.3 Å². The summed E-state index contributed by atoms with van der Waals surface area (Å²) in [6.45, 7) is 3.47. The van der Waals surface area contributed by atoms with Crippen LogP contribution in [0.1, 0.15) is 54.5 Å². The van der Waals surface area contributed by atoms with Crippen LogP contribution in [0.15, 0.2) is 18.2 Å². The van der Waals surface area contributed by atoms with E-state index in [1.165, 1.54) is 0 Å². The highest BCUT2D eigenvalue weighted by Crippen LogP contribution is 2.37. The minimum atomic E-state index is -0.366. The third kappa shape index (κ3) is 2.85. The molecule has 0 spiro atoms. The Kier molecular flexibility index (Phi) is 4.15. The van der Waals surface area contributed by atoms with Crippen molar-refractivity contribution in [1.82, 2.24) is 9.80 Å². The van der Waals surface area contributed by atoms with E-state index < -0.39 is 0 Å². The molecule has 1 aromatic rings. The molecule has 6 heteroatoms. The van der Waals surface area contributed by atoms with Gasteiger partial charge in [-0.25, -0.2) is 9.59 Å². The number of carbonyl (C=O) groups is 2. The van der Waals surface area contributed by atoms with Crippen LogP contribution in [0.4, 0.5) is 9.59 Å². The van der Waals surface area contributed by atoms with Crippen molar-refractivity contribution in [3.8, 4) is 0 Å². The van der Waals surface area contributed by atoms with Crippen LogP contribution >= 0.6 is 0 Å². The normalized spacial score (nSPS) is 24.2. The molecule has 2 atom stereocenters. The van der Waals surface area contributed by atoms with Gasteiger partial charge in [0.2, 0.25) is 0 Å². The summed E-state index contributed by atoms with van der Waals surface area (Å²) in [7, 11) is 0. The van der Waals surface area contributed by atoms with Crippen molar-refractivity contribution in [2.75, 3.05) is 13.1 Å². The maximum Gasteiger partial charge on any atom is 0.315 e. The zero-order chi connectivity index (χ0) is 16.6. The average molecular weight is 316 g/mol. The van der Waals surface area contributed by atoms with Gasteiger partial charge in [-0.2, -0.15) is 0 Å². The molecule has 124 valence electrons. The Bertz CT molecular complexity index is 631. The summed E-state index contributed by atoms with van der Waals surface area (Å²) in [4.78, 5) is 26.7. The van der Waals surface area contributed by atoms with Crippen molar-refractivity contribution in [2.24, 2.45) is 11.5 Å². The summed E-state index contributed by atoms with van der Waals surface area (Å²) in [6, 6.07) is 5.61. The van der Waals surface area contributed by atoms with E-state index in [4.69, 9.17) is 11.5 Å². The van der Waals surface area contributed by atoms with Gasteiger partial charge in [0.05, 0.1) is 12.1 Å². The second kappa shape index (κ2) is 6.10. The third-order valence-electron chi connectivity index (χ3n) is 5.12. The number of aryl methyl sites for hydroxylation is 1. The number of primary amides is 2. The standard InChI is InChI=1S/C17H24N4O2/c1-11-6-7-12(14-4-2-8-20(14)16(18)22)10-13(11)15-5-3-9-21(15)17(19)23/h6-7,10,14-15H,2-5,8-9H2,1H3,(H2,18,22)(H2,19,23). The lowest BCUT2D eigenvalue weighted by molar-refractivity contribution is 0.202. The molecule has 0 aliphatic carbocycles. The third-order valence-corrected chi connectivity index (χ3v) is 5.12. The van der Waals surface area contributed by atoms with Crippen molar-refractivity contribution in [1.29, 1.82) is 0 Å². The minimum Gasteiger partial charge on any atom is -0.351 e. The van der Waals surface area contributed by atoms with Gasteiger partial charge >= 0.3 is 12.1 Å². The smallest absolute Gasteiger partial charge is 0.315 e. The molecule has 3 rings (SSSR count). The number of carbonyl (C=O) groups excluding carboxylic acids is 2. The first-order chi connectivity index (χ1) is 11.0. The molecule has 2 aliphatic rings. The Labute approximate surface area is 136 Å². The number of benzene rings is 1. The number of amides is 4. The molecule has 0 bridgehead atoms. The first-order valence-electron chi connectivity index (χ1n) is 8.21. The van der Waals surface area contributed by atoms with Crippen LogP contribution in [0.5, 0.6) is 0 Å². The molecule has 4 amide bonds. The van der Waals surface area contributed by atoms with Crippen molar-refractivity contribution >= 4 is 12.1 Å². The molecule has 4 N–H and O–H groups in total. The molecular formula is C17H24N4O2. The molecule has 2 unspecified atom stereocenters. The number of hydrogen-bond acceptors (Lipinski definition) is 2. The topological polar surface area (TPSA) is 92.7 Å². The molecule has 2 fully saturated rings. The van der Waals surface area contributed by atoms with E-state index in [0.29, 0.717) is 13.1 Å². The monoisotopic (exact) mass is 316 g/mol. The van der Waals surface area contributed by atoms with E-state index >= 15 is 0 Å². The zero-order valence-electron chi connectivity index (χ0n) is 13.5. The predicted octanol–water partition coefficient (Wildman–Crippen LogP) is 2.43. The Hall–Kier alpha value is -2.24. The number of likely N-dealkylation sites (tertiary alicyclic amines) is 2. The molecule has 0 saturated carbocycles. The van der Waals surface area contributed by atoms with Crippen LogP contribution in [0.25, 0.3) is 0 Å². The molecule has 0 radical (unpaired) electrons. The minimum absolute atomic E-state index is 0.0373. The summed E-state index contributed by atoms with van der Waals surface area (Å²) in [6.07, 6.45) is 3.79. The molecule has 2 saturated heterocycles. The quantitative estimate of drug-likeness (QED) is 0.877. The lowest BCUT2D eigenvalue weighted by Crippen LogP contribution is -2.36. The molecule has 0 aromatic heterocycles. The largest absolute Gasteiger partial charge is 0.351 e. The first-order valence-corrected chi connectivity index (χ1v) is 8.21. The molecule has 6 nitrogen and oxygen atoms in total. The van der Waals surface area contributed by atoms with E-state index in [0.717, 1.165) is 42.4 Å². The highest BCUT2D eigenvalue weighted by Gasteiger charge is 2.32. The number of rotatable bonds is 2. The van der Waals surface area contributed by atoms with Gasteiger partial charge in [-0.15, -0.1) is 0 Å². The van der Waals surface area contributed by atoms with Gasteiger partial charge < -0.3 is 21.3 Å². The van der Waals surface area contributed by atoms with E-state index in [2.05, 4.69) is 25.1 Å². The fraction of sp³-hybridized carbons (Fsp3) is 0.529. The lowest BCUT2D eigenvalue weighted by atomic mass is 9.93. The van der Waals surface area contributed by atoms with E-state index in [-0.39, 0.29) is 24.1 Å². The van der Waals surface area contributed by atoms with Crippen LogP contribution < -0.4 is 11.5 Å². The SMILES string of the molecule is Cc1ccc(C2CCCN2C(N)=O)cc1C1CCCN1C(N)=O. The van der Waals surface area contributed by atoms with Gasteiger partial charge in [-0.3, -0.25) is 0 Å². The van der Waals surface area contributed by atoms with Crippen LogP contribution in [-0.4, -0.2) is 35.0 Å². The average Bonchev–Trinajstić information content (AvgIpc) is 3.16.